The molecular weight excluding hydrogens is 293 g/mol. The van der Waals surface area contributed by atoms with Gasteiger partial charge in [0.05, 0.1) is 11.2 Å². The Labute approximate surface area is 124 Å². The molecule has 4 nitrogen and oxygen atoms in total. The van der Waals surface area contributed by atoms with Crippen molar-refractivity contribution in [3.05, 3.63) is 54.1 Å². The van der Waals surface area contributed by atoms with Crippen LogP contribution in [0.15, 0.2) is 48.5 Å². The van der Waals surface area contributed by atoms with Crippen LogP contribution in [0.3, 0.4) is 0 Å². The fourth-order valence-corrected chi connectivity index (χ4v) is 2.27. The lowest BCUT2D eigenvalue weighted by molar-refractivity contribution is -0.149. The van der Waals surface area contributed by atoms with Crippen LogP contribution in [0, 0.1) is 0 Å². The lowest BCUT2D eigenvalue weighted by Crippen LogP contribution is -2.28. The van der Waals surface area contributed by atoms with Crippen LogP contribution >= 0.6 is 0 Å². The first-order valence-electron chi connectivity index (χ1n) is 6.54. The Hall–Kier alpha value is -2.54. The summed E-state index contributed by atoms with van der Waals surface area (Å²) in [6.45, 7) is 0. The lowest BCUT2D eigenvalue weighted by Gasteiger charge is -2.15. The number of alkyl halides is 3. The number of nitrogens with two attached hydrogens (primary N) is 2. The molecule has 0 radical (unpaired) electrons. The van der Waals surface area contributed by atoms with Crippen LogP contribution in [0.25, 0.3) is 16.6 Å². The topological polar surface area (TPSA) is 69.9 Å². The first-order valence-corrected chi connectivity index (χ1v) is 6.54. The molecule has 1 atom stereocenters. The molecule has 3 rings (SSSR count). The Morgan fingerprint density at radius 1 is 1.05 bits per heavy atom. The number of fused-ring (bicyclic) bond motifs is 1. The Morgan fingerprint density at radius 2 is 1.73 bits per heavy atom. The van der Waals surface area contributed by atoms with Crippen molar-refractivity contribution in [1.29, 1.82) is 0 Å². The SMILES string of the molecule is Nc1c2ccc([C@@H](N)C(F)(F)F)cc2nn1-c1ccccc1. The van der Waals surface area contributed by atoms with E-state index >= 15 is 0 Å². The fraction of sp³-hybridized carbons (Fsp3) is 0.133. The largest absolute Gasteiger partial charge is 0.407 e. The van der Waals surface area contributed by atoms with E-state index in [1.807, 2.05) is 30.3 Å². The summed E-state index contributed by atoms with van der Waals surface area (Å²) < 4.78 is 39.6. The highest BCUT2D eigenvalue weighted by Gasteiger charge is 2.38. The maximum Gasteiger partial charge on any atom is 0.407 e. The van der Waals surface area contributed by atoms with Crippen molar-refractivity contribution >= 4 is 16.7 Å². The van der Waals surface area contributed by atoms with E-state index in [1.54, 1.807) is 0 Å². The summed E-state index contributed by atoms with van der Waals surface area (Å²) in [5, 5.41) is 4.86. The molecule has 22 heavy (non-hydrogen) atoms. The van der Waals surface area contributed by atoms with Crippen LogP contribution in [0.4, 0.5) is 19.0 Å². The highest BCUT2D eigenvalue weighted by atomic mass is 19.4. The van der Waals surface area contributed by atoms with Gasteiger partial charge in [0.15, 0.2) is 0 Å². The van der Waals surface area contributed by atoms with E-state index in [0.717, 1.165) is 5.69 Å². The summed E-state index contributed by atoms with van der Waals surface area (Å²) >= 11 is 0. The number of rotatable bonds is 2. The third kappa shape index (κ3) is 2.39. The van der Waals surface area contributed by atoms with Crippen LogP contribution in [0.1, 0.15) is 11.6 Å². The molecule has 0 saturated carbocycles. The number of benzene rings is 2. The van der Waals surface area contributed by atoms with Crippen molar-refractivity contribution in [3.8, 4) is 5.69 Å². The minimum atomic E-state index is -4.50. The van der Waals surface area contributed by atoms with Crippen molar-refractivity contribution in [2.24, 2.45) is 5.73 Å². The maximum absolute atomic E-state index is 12.7. The van der Waals surface area contributed by atoms with Crippen LogP contribution in [0.2, 0.25) is 0 Å². The zero-order valence-corrected chi connectivity index (χ0v) is 11.4. The van der Waals surface area contributed by atoms with E-state index in [9.17, 15) is 13.2 Å². The molecule has 7 heteroatoms. The number of aromatic nitrogens is 2. The molecule has 1 aromatic heterocycles. The maximum atomic E-state index is 12.7. The normalized spacial score (nSPS) is 13.5. The van der Waals surface area contributed by atoms with Crippen molar-refractivity contribution in [3.63, 3.8) is 0 Å². The van der Waals surface area contributed by atoms with Gasteiger partial charge in [-0.1, -0.05) is 24.3 Å². The van der Waals surface area contributed by atoms with Crippen LogP contribution in [-0.4, -0.2) is 16.0 Å². The van der Waals surface area contributed by atoms with Crippen molar-refractivity contribution < 1.29 is 13.2 Å². The molecule has 0 amide bonds. The highest BCUT2D eigenvalue weighted by molar-refractivity contribution is 5.90. The summed E-state index contributed by atoms with van der Waals surface area (Å²) in [5.41, 5.74) is 12.3. The van der Waals surface area contributed by atoms with Gasteiger partial charge in [0.2, 0.25) is 0 Å². The van der Waals surface area contributed by atoms with E-state index in [-0.39, 0.29) is 5.56 Å². The molecule has 0 spiro atoms. The van der Waals surface area contributed by atoms with Gasteiger partial charge in [-0.25, -0.2) is 4.68 Å². The van der Waals surface area contributed by atoms with Crippen molar-refractivity contribution in [2.75, 3.05) is 5.73 Å². The van der Waals surface area contributed by atoms with Gasteiger partial charge in [-0.3, -0.25) is 0 Å². The molecule has 0 fully saturated rings. The monoisotopic (exact) mass is 306 g/mol. The molecule has 0 aliphatic carbocycles. The third-order valence-corrected chi connectivity index (χ3v) is 3.45. The van der Waals surface area contributed by atoms with Gasteiger partial charge >= 0.3 is 6.18 Å². The van der Waals surface area contributed by atoms with Gasteiger partial charge in [-0.05, 0) is 29.8 Å². The summed E-state index contributed by atoms with van der Waals surface area (Å²) in [6, 6.07) is 11.2. The number of nitrogens with zero attached hydrogens (tertiary/aromatic N) is 2. The van der Waals surface area contributed by atoms with Crippen molar-refractivity contribution in [2.45, 2.75) is 12.2 Å². The quantitative estimate of drug-likeness (QED) is 0.764. The Balaban J connectivity index is 2.11. The molecule has 2 aromatic carbocycles. The molecular formula is C15H13F3N4. The minimum Gasteiger partial charge on any atom is -0.383 e. The van der Waals surface area contributed by atoms with Gasteiger partial charge in [0.1, 0.15) is 11.9 Å². The van der Waals surface area contributed by atoms with Crippen LogP contribution in [-0.2, 0) is 0 Å². The van der Waals surface area contributed by atoms with E-state index < -0.39 is 12.2 Å². The van der Waals surface area contributed by atoms with Gasteiger partial charge in [0.25, 0.3) is 0 Å². The Morgan fingerprint density at radius 3 is 2.36 bits per heavy atom. The first kappa shape index (κ1) is 14.4. The number of para-hydroxylation sites is 1. The Bertz CT molecular complexity index is 809. The number of nitrogen functional groups attached to an aromatic ring is 1. The predicted molar refractivity (Wildman–Crippen MR) is 78.5 cm³/mol. The highest BCUT2D eigenvalue weighted by Crippen LogP contribution is 2.33. The smallest absolute Gasteiger partial charge is 0.383 e. The minimum absolute atomic E-state index is 0.0438. The number of halogens is 3. The molecule has 0 bridgehead atoms. The summed E-state index contributed by atoms with van der Waals surface area (Å²) in [7, 11) is 0. The van der Waals surface area contributed by atoms with E-state index in [0.29, 0.717) is 16.7 Å². The first-order chi connectivity index (χ1) is 10.4. The summed E-state index contributed by atoms with van der Waals surface area (Å²) in [5.74, 6) is 0.369. The fourth-order valence-electron chi connectivity index (χ4n) is 2.27. The lowest BCUT2D eigenvalue weighted by atomic mass is 10.1. The average molecular weight is 306 g/mol. The van der Waals surface area contributed by atoms with E-state index in [2.05, 4.69) is 5.10 Å². The molecule has 114 valence electrons. The number of hydrogen-bond acceptors (Lipinski definition) is 3. The zero-order valence-electron chi connectivity index (χ0n) is 11.4. The zero-order chi connectivity index (χ0) is 15.9. The summed E-state index contributed by atoms with van der Waals surface area (Å²) in [6.07, 6.45) is -4.50. The second-order valence-electron chi connectivity index (χ2n) is 4.93. The van der Waals surface area contributed by atoms with Gasteiger partial charge in [0, 0.05) is 5.39 Å². The average Bonchev–Trinajstić information content (AvgIpc) is 2.83. The molecule has 0 aliphatic heterocycles. The number of anilines is 1. The molecule has 0 saturated heterocycles. The second-order valence-corrected chi connectivity index (χ2v) is 4.93. The summed E-state index contributed by atoms with van der Waals surface area (Å²) in [4.78, 5) is 0. The van der Waals surface area contributed by atoms with Crippen LogP contribution < -0.4 is 11.5 Å². The molecule has 4 N–H and O–H groups in total. The molecule has 0 unspecified atom stereocenters. The van der Waals surface area contributed by atoms with E-state index in [1.165, 1.54) is 22.9 Å². The third-order valence-electron chi connectivity index (χ3n) is 3.45. The van der Waals surface area contributed by atoms with Gasteiger partial charge in [-0.15, -0.1) is 0 Å². The predicted octanol–water partition coefficient (Wildman–Crippen LogP) is 3.17. The molecule has 1 heterocycles. The van der Waals surface area contributed by atoms with Crippen molar-refractivity contribution in [1.82, 2.24) is 9.78 Å². The molecule has 0 aliphatic rings. The van der Waals surface area contributed by atoms with Crippen LogP contribution in [0.5, 0.6) is 0 Å². The Kier molecular flexibility index (Phi) is 3.29. The number of hydrogen-bond donors (Lipinski definition) is 2. The van der Waals surface area contributed by atoms with Gasteiger partial charge < -0.3 is 11.5 Å². The standard InChI is InChI=1S/C15H13F3N4/c16-15(17,18)13(19)9-6-7-11-12(8-9)21-22(14(11)20)10-4-2-1-3-5-10/h1-8,13H,19-20H2/t13-/m1/s1. The second kappa shape index (κ2) is 5.03. The van der Waals surface area contributed by atoms with Gasteiger partial charge in [-0.2, -0.15) is 18.3 Å². The van der Waals surface area contributed by atoms with E-state index in [4.69, 9.17) is 11.5 Å². The molecule has 3 aromatic rings.